The van der Waals surface area contributed by atoms with Gasteiger partial charge in [0.25, 0.3) is 0 Å². The molecule has 0 aromatic carbocycles. The van der Waals surface area contributed by atoms with Gasteiger partial charge >= 0.3 is 17.9 Å². The molecular formula is C21H36O6. The van der Waals surface area contributed by atoms with Gasteiger partial charge in [0, 0.05) is 19.3 Å². The predicted octanol–water partition coefficient (Wildman–Crippen LogP) is 4.51. The lowest BCUT2D eigenvalue weighted by molar-refractivity contribution is -0.144. The molecule has 156 valence electrons. The van der Waals surface area contributed by atoms with Crippen LogP contribution in [-0.2, 0) is 19.1 Å². The number of aliphatic carboxylic acids is 2. The van der Waals surface area contributed by atoms with Crippen LogP contribution in [0.1, 0.15) is 84.5 Å². The lowest BCUT2D eigenvalue weighted by atomic mass is 9.71. The van der Waals surface area contributed by atoms with Gasteiger partial charge in [0.2, 0.25) is 0 Å². The van der Waals surface area contributed by atoms with Crippen molar-refractivity contribution in [3.63, 3.8) is 0 Å². The Morgan fingerprint density at radius 2 is 1.30 bits per heavy atom. The van der Waals surface area contributed by atoms with Crippen molar-refractivity contribution in [1.82, 2.24) is 0 Å². The van der Waals surface area contributed by atoms with Crippen molar-refractivity contribution in [2.75, 3.05) is 6.61 Å². The molecule has 2 atom stereocenters. The van der Waals surface area contributed by atoms with Gasteiger partial charge in [0.15, 0.2) is 0 Å². The second-order valence-corrected chi connectivity index (χ2v) is 8.47. The first-order chi connectivity index (χ1) is 12.8. The molecule has 0 aromatic rings. The third-order valence-corrected chi connectivity index (χ3v) is 5.48. The zero-order valence-electron chi connectivity index (χ0n) is 16.8. The molecule has 0 amide bonds. The van der Waals surface area contributed by atoms with Crippen molar-refractivity contribution in [2.45, 2.75) is 84.5 Å². The third kappa shape index (κ3) is 11.7. The SMILES string of the molecule is CC(C)CCCOC(=O)CCC1CC(CCC(=O)O)CC(CCC(=O)O)C1. The minimum atomic E-state index is -0.788. The molecule has 0 heterocycles. The van der Waals surface area contributed by atoms with Crippen molar-refractivity contribution >= 4 is 17.9 Å². The number of esters is 1. The van der Waals surface area contributed by atoms with E-state index >= 15 is 0 Å². The molecule has 2 N–H and O–H groups in total. The Morgan fingerprint density at radius 3 is 1.70 bits per heavy atom. The van der Waals surface area contributed by atoms with Gasteiger partial charge in [-0.15, -0.1) is 0 Å². The van der Waals surface area contributed by atoms with Crippen LogP contribution in [0.5, 0.6) is 0 Å². The number of hydrogen-bond acceptors (Lipinski definition) is 4. The van der Waals surface area contributed by atoms with E-state index in [9.17, 15) is 14.4 Å². The van der Waals surface area contributed by atoms with Gasteiger partial charge in [-0.1, -0.05) is 13.8 Å². The summed E-state index contributed by atoms with van der Waals surface area (Å²) in [5.41, 5.74) is 0. The molecule has 6 heteroatoms. The van der Waals surface area contributed by atoms with Crippen LogP contribution in [0.2, 0.25) is 0 Å². The molecule has 0 spiro atoms. The second-order valence-electron chi connectivity index (χ2n) is 8.47. The average Bonchev–Trinajstić information content (AvgIpc) is 2.60. The van der Waals surface area contributed by atoms with E-state index in [4.69, 9.17) is 14.9 Å². The lowest BCUT2D eigenvalue weighted by Gasteiger charge is -2.35. The van der Waals surface area contributed by atoms with E-state index in [0.29, 0.717) is 49.5 Å². The maximum Gasteiger partial charge on any atom is 0.305 e. The number of carbonyl (C=O) groups is 3. The fourth-order valence-corrected chi connectivity index (χ4v) is 4.14. The maximum absolute atomic E-state index is 11.9. The number of ether oxygens (including phenoxy) is 1. The van der Waals surface area contributed by atoms with Crippen molar-refractivity contribution in [2.24, 2.45) is 23.7 Å². The maximum atomic E-state index is 11.9. The van der Waals surface area contributed by atoms with Gasteiger partial charge in [0.1, 0.15) is 0 Å². The largest absolute Gasteiger partial charge is 0.481 e. The molecule has 2 unspecified atom stereocenters. The minimum absolute atomic E-state index is 0.154. The van der Waals surface area contributed by atoms with Crippen LogP contribution < -0.4 is 0 Å². The highest BCUT2D eigenvalue weighted by atomic mass is 16.5. The molecule has 0 bridgehead atoms. The van der Waals surface area contributed by atoms with Gasteiger partial charge < -0.3 is 14.9 Å². The summed E-state index contributed by atoms with van der Waals surface area (Å²) in [7, 11) is 0. The summed E-state index contributed by atoms with van der Waals surface area (Å²) in [4.78, 5) is 33.7. The highest BCUT2D eigenvalue weighted by Crippen LogP contribution is 2.39. The fourth-order valence-electron chi connectivity index (χ4n) is 4.14. The van der Waals surface area contributed by atoms with Gasteiger partial charge in [-0.2, -0.15) is 0 Å². The minimum Gasteiger partial charge on any atom is -0.481 e. The van der Waals surface area contributed by atoms with Crippen molar-refractivity contribution < 1.29 is 29.3 Å². The molecule has 1 rings (SSSR count). The third-order valence-electron chi connectivity index (χ3n) is 5.48. The van der Waals surface area contributed by atoms with Crippen LogP contribution >= 0.6 is 0 Å². The predicted molar refractivity (Wildman–Crippen MR) is 102 cm³/mol. The molecule has 27 heavy (non-hydrogen) atoms. The van der Waals surface area contributed by atoms with Crippen LogP contribution in [0.15, 0.2) is 0 Å². The zero-order chi connectivity index (χ0) is 20.2. The first-order valence-corrected chi connectivity index (χ1v) is 10.4. The number of carbonyl (C=O) groups excluding carboxylic acids is 1. The fraction of sp³-hybridized carbons (Fsp3) is 0.857. The Morgan fingerprint density at radius 1 is 0.852 bits per heavy atom. The molecule has 1 fully saturated rings. The summed E-state index contributed by atoms with van der Waals surface area (Å²) in [6, 6.07) is 0. The monoisotopic (exact) mass is 384 g/mol. The van der Waals surface area contributed by atoms with Crippen molar-refractivity contribution in [1.29, 1.82) is 0 Å². The van der Waals surface area contributed by atoms with Crippen molar-refractivity contribution in [3.8, 4) is 0 Å². The molecule has 0 radical (unpaired) electrons. The Hall–Kier alpha value is -1.59. The molecular weight excluding hydrogens is 348 g/mol. The summed E-state index contributed by atoms with van der Waals surface area (Å²) in [6.45, 7) is 4.77. The molecule has 0 aromatic heterocycles. The van der Waals surface area contributed by atoms with Gasteiger partial charge in [0.05, 0.1) is 6.61 Å². The van der Waals surface area contributed by atoms with E-state index in [1.165, 1.54) is 0 Å². The van der Waals surface area contributed by atoms with E-state index < -0.39 is 11.9 Å². The van der Waals surface area contributed by atoms with Gasteiger partial charge in [-0.3, -0.25) is 14.4 Å². The Bertz CT molecular complexity index is 447. The highest BCUT2D eigenvalue weighted by Gasteiger charge is 2.29. The summed E-state index contributed by atoms with van der Waals surface area (Å²) in [6.07, 6.45) is 7.41. The molecule has 6 nitrogen and oxygen atoms in total. The average molecular weight is 385 g/mol. The molecule has 0 aliphatic heterocycles. The summed E-state index contributed by atoms with van der Waals surface area (Å²) in [5.74, 6) is -0.167. The summed E-state index contributed by atoms with van der Waals surface area (Å²) >= 11 is 0. The Kier molecular flexibility index (Phi) is 11.1. The van der Waals surface area contributed by atoms with Crippen LogP contribution in [0.4, 0.5) is 0 Å². The van der Waals surface area contributed by atoms with Gasteiger partial charge in [-0.25, -0.2) is 0 Å². The Labute approximate surface area is 162 Å². The van der Waals surface area contributed by atoms with Crippen LogP contribution in [0.3, 0.4) is 0 Å². The molecule has 0 saturated heterocycles. The number of carboxylic acid groups (broad SMARTS) is 2. The van der Waals surface area contributed by atoms with E-state index in [0.717, 1.165) is 38.5 Å². The molecule has 1 aliphatic rings. The van der Waals surface area contributed by atoms with Crippen molar-refractivity contribution in [3.05, 3.63) is 0 Å². The Balaban J connectivity index is 2.41. The first-order valence-electron chi connectivity index (χ1n) is 10.4. The van der Waals surface area contributed by atoms with Crippen LogP contribution in [0, 0.1) is 23.7 Å². The number of hydrogen-bond donors (Lipinski definition) is 2. The molecule has 1 aliphatic carbocycles. The topological polar surface area (TPSA) is 101 Å². The zero-order valence-corrected chi connectivity index (χ0v) is 16.8. The summed E-state index contributed by atoms with van der Waals surface area (Å²) in [5, 5.41) is 17.9. The standard InChI is InChI=1S/C21H36O6/c1-15(2)4-3-11-27-21(26)10-7-18-13-16(5-8-19(22)23)12-17(14-18)6-9-20(24)25/h15-18H,3-14H2,1-2H3,(H,22,23)(H,24,25). The van der Waals surface area contributed by atoms with E-state index in [-0.39, 0.29) is 18.8 Å². The smallest absolute Gasteiger partial charge is 0.305 e. The quantitative estimate of drug-likeness (QED) is 0.358. The highest BCUT2D eigenvalue weighted by molar-refractivity contribution is 5.69. The van der Waals surface area contributed by atoms with Gasteiger partial charge in [-0.05, 0) is 75.0 Å². The van der Waals surface area contributed by atoms with E-state index in [1.54, 1.807) is 0 Å². The number of rotatable bonds is 13. The van der Waals surface area contributed by atoms with E-state index in [1.807, 2.05) is 0 Å². The van der Waals surface area contributed by atoms with Crippen LogP contribution in [0.25, 0.3) is 0 Å². The number of carboxylic acids is 2. The lowest BCUT2D eigenvalue weighted by Crippen LogP contribution is -2.25. The summed E-state index contributed by atoms with van der Waals surface area (Å²) < 4.78 is 5.30. The van der Waals surface area contributed by atoms with E-state index in [2.05, 4.69) is 13.8 Å². The van der Waals surface area contributed by atoms with Crippen LogP contribution in [-0.4, -0.2) is 34.7 Å². The molecule has 1 saturated carbocycles. The first kappa shape index (κ1) is 23.4. The second kappa shape index (κ2) is 12.7. The normalized spacial score (nSPS) is 22.6.